The van der Waals surface area contributed by atoms with E-state index in [0.29, 0.717) is 0 Å². The summed E-state index contributed by atoms with van der Waals surface area (Å²) < 4.78 is 2.00. The molecule has 0 spiro atoms. The first kappa shape index (κ1) is 12.5. The van der Waals surface area contributed by atoms with Crippen molar-refractivity contribution >= 4 is 23.2 Å². The van der Waals surface area contributed by atoms with Crippen molar-refractivity contribution in [2.24, 2.45) is 0 Å². The second kappa shape index (κ2) is 6.08. The van der Waals surface area contributed by atoms with Crippen LogP contribution in [0.15, 0.2) is 43.0 Å². The van der Waals surface area contributed by atoms with Crippen molar-refractivity contribution in [2.75, 3.05) is 0 Å². The van der Waals surface area contributed by atoms with Gasteiger partial charge in [0.05, 0.1) is 11.7 Å². The molecule has 0 saturated carbocycles. The van der Waals surface area contributed by atoms with Gasteiger partial charge < -0.3 is 4.57 Å². The summed E-state index contributed by atoms with van der Waals surface area (Å²) in [6.45, 7) is 0.801. The topological polar surface area (TPSA) is 17.8 Å². The minimum absolute atomic E-state index is 0.125. The van der Waals surface area contributed by atoms with Gasteiger partial charge in [0, 0.05) is 24.0 Å². The summed E-state index contributed by atoms with van der Waals surface area (Å²) in [6.07, 6.45) is 7.40. The van der Waals surface area contributed by atoms with Crippen molar-refractivity contribution in [3.05, 3.63) is 53.6 Å². The Bertz CT molecular complexity index is 437. The van der Waals surface area contributed by atoms with E-state index in [0.717, 1.165) is 24.4 Å². The van der Waals surface area contributed by atoms with Crippen LogP contribution >= 0.6 is 23.2 Å². The van der Waals surface area contributed by atoms with Gasteiger partial charge in [0.1, 0.15) is 0 Å². The van der Waals surface area contributed by atoms with Crippen molar-refractivity contribution < 1.29 is 0 Å². The zero-order valence-corrected chi connectivity index (χ0v) is 10.9. The van der Waals surface area contributed by atoms with E-state index in [9.17, 15) is 0 Å². The number of halogens is 2. The van der Waals surface area contributed by atoms with Crippen LogP contribution in [0.1, 0.15) is 12.0 Å². The molecule has 2 nitrogen and oxygen atoms in total. The van der Waals surface area contributed by atoms with Gasteiger partial charge in [-0.2, -0.15) is 0 Å². The third-order valence-corrected chi connectivity index (χ3v) is 3.24. The lowest BCUT2D eigenvalue weighted by molar-refractivity contribution is 0.617. The van der Waals surface area contributed by atoms with Crippen LogP contribution in [-0.2, 0) is 13.0 Å². The van der Waals surface area contributed by atoms with E-state index in [4.69, 9.17) is 23.2 Å². The summed E-state index contributed by atoms with van der Waals surface area (Å²) in [6, 6.07) is 7.91. The zero-order chi connectivity index (χ0) is 12.1. The summed E-state index contributed by atoms with van der Waals surface area (Å²) in [5, 5.41) is 0.898. The second-order valence-corrected chi connectivity index (χ2v) is 5.08. The van der Waals surface area contributed by atoms with E-state index >= 15 is 0 Å². The highest BCUT2D eigenvalue weighted by Gasteiger charge is 2.05. The van der Waals surface area contributed by atoms with Crippen molar-refractivity contribution in [2.45, 2.75) is 24.8 Å². The predicted octanol–water partition coefficient (Wildman–Crippen LogP) is 3.78. The van der Waals surface area contributed by atoms with Crippen LogP contribution in [0, 0.1) is 0 Å². The van der Waals surface area contributed by atoms with Crippen LogP contribution in [0.5, 0.6) is 0 Å². The molecule has 0 radical (unpaired) electrons. The number of aromatic nitrogens is 2. The summed E-state index contributed by atoms with van der Waals surface area (Å²) in [4.78, 5) is 3.99. The number of aryl methyl sites for hydroxylation is 1. The van der Waals surface area contributed by atoms with Crippen molar-refractivity contribution in [1.29, 1.82) is 0 Å². The molecule has 1 aromatic heterocycles. The molecule has 0 bridgehead atoms. The Balaban J connectivity index is 1.79. The average molecular weight is 269 g/mol. The van der Waals surface area contributed by atoms with Crippen LogP contribution in [0.3, 0.4) is 0 Å². The zero-order valence-electron chi connectivity index (χ0n) is 9.39. The number of hydrogen-bond donors (Lipinski definition) is 0. The Morgan fingerprint density at radius 3 is 2.65 bits per heavy atom. The van der Waals surface area contributed by atoms with E-state index < -0.39 is 0 Å². The normalized spacial score (nSPS) is 12.6. The molecule has 1 aromatic carbocycles. The fraction of sp³-hybridized carbons (Fsp3) is 0.308. The molecule has 0 aliphatic heterocycles. The lowest BCUT2D eigenvalue weighted by Crippen LogP contribution is -2.10. The van der Waals surface area contributed by atoms with Crippen molar-refractivity contribution in [3.63, 3.8) is 0 Å². The number of benzene rings is 1. The molecule has 0 amide bonds. The third kappa shape index (κ3) is 4.06. The Morgan fingerprint density at radius 1 is 1.24 bits per heavy atom. The number of imidazole rings is 1. The van der Waals surface area contributed by atoms with Gasteiger partial charge in [0.15, 0.2) is 0 Å². The predicted molar refractivity (Wildman–Crippen MR) is 71.6 cm³/mol. The Hall–Kier alpha value is -0.990. The quantitative estimate of drug-likeness (QED) is 0.755. The van der Waals surface area contributed by atoms with E-state index in [2.05, 4.69) is 4.98 Å². The molecule has 0 N–H and O–H groups in total. The summed E-state index contributed by atoms with van der Waals surface area (Å²) in [5.74, 6) is 0. The SMILES string of the molecule is Clc1ccc(CC[C@H](Cl)Cn2ccnc2)cc1. The molecule has 1 atom stereocenters. The van der Waals surface area contributed by atoms with Gasteiger partial charge in [0.2, 0.25) is 0 Å². The van der Waals surface area contributed by atoms with E-state index in [-0.39, 0.29) is 5.38 Å². The first-order valence-corrected chi connectivity index (χ1v) is 6.40. The maximum absolute atomic E-state index is 6.28. The highest BCUT2D eigenvalue weighted by Crippen LogP contribution is 2.14. The molecular weight excluding hydrogens is 255 g/mol. The van der Waals surface area contributed by atoms with Gasteiger partial charge in [0.25, 0.3) is 0 Å². The highest BCUT2D eigenvalue weighted by molar-refractivity contribution is 6.30. The van der Waals surface area contributed by atoms with Crippen LogP contribution < -0.4 is 0 Å². The number of nitrogens with zero attached hydrogens (tertiary/aromatic N) is 2. The largest absolute Gasteiger partial charge is 0.336 e. The summed E-state index contributed by atoms with van der Waals surface area (Å²) >= 11 is 12.1. The van der Waals surface area contributed by atoms with Crippen LogP contribution in [0.25, 0.3) is 0 Å². The molecule has 1 heterocycles. The van der Waals surface area contributed by atoms with E-state index in [1.54, 1.807) is 12.5 Å². The molecule has 2 aromatic rings. The van der Waals surface area contributed by atoms with Gasteiger partial charge in [-0.15, -0.1) is 11.6 Å². The fourth-order valence-electron chi connectivity index (χ4n) is 1.69. The summed E-state index contributed by atoms with van der Waals surface area (Å²) in [5.41, 5.74) is 1.27. The third-order valence-electron chi connectivity index (χ3n) is 2.63. The van der Waals surface area contributed by atoms with Crippen LogP contribution in [-0.4, -0.2) is 14.9 Å². The molecule has 0 saturated heterocycles. The molecule has 4 heteroatoms. The van der Waals surface area contributed by atoms with Crippen molar-refractivity contribution in [3.8, 4) is 0 Å². The Labute approximate surface area is 111 Å². The molecule has 0 fully saturated rings. The molecule has 17 heavy (non-hydrogen) atoms. The molecule has 0 unspecified atom stereocenters. The Kier molecular flexibility index (Phi) is 4.46. The maximum Gasteiger partial charge on any atom is 0.0946 e. The Morgan fingerprint density at radius 2 is 2.00 bits per heavy atom. The highest BCUT2D eigenvalue weighted by atomic mass is 35.5. The van der Waals surface area contributed by atoms with Gasteiger partial charge in [-0.05, 0) is 30.5 Å². The molecular formula is C13H14Cl2N2. The molecule has 0 aliphatic rings. The number of rotatable bonds is 5. The minimum atomic E-state index is 0.125. The number of alkyl halides is 1. The number of hydrogen-bond acceptors (Lipinski definition) is 1. The van der Waals surface area contributed by atoms with Crippen LogP contribution in [0.4, 0.5) is 0 Å². The molecule has 90 valence electrons. The molecule has 2 rings (SSSR count). The lowest BCUT2D eigenvalue weighted by atomic mass is 10.1. The van der Waals surface area contributed by atoms with Gasteiger partial charge in [-0.3, -0.25) is 0 Å². The standard InChI is InChI=1S/C13H14Cl2N2/c14-12-4-1-11(2-5-12)3-6-13(15)9-17-8-7-16-10-17/h1-2,4-5,7-8,10,13H,3,6,9H2/t13-/m0/s1. The fourth-order valence-corrected chi connectivity index (χ4v) is 2.08. The minimum Gasteiger partial charge on any atom is -0.336 e. The maximum atomic E-state index is 6.28. The van der Waals surface area contributed by atoms with Crippen molar-refractivity contribution in [1.82, 2.24) is 9.55 Å². The van der Waals surface area contributed by atoms with Gasteiger partial charge in [-0.25, -0.2) is 4.98 Å². The summed E-state index contributed by atoms with van der Waals surface area (Å²) in [7, 11) is 0. The first-order valence-electron chi connectivity index (χ1n) is 5.58. The second-order valence-electron chi connectivity index (χ2n) is 4.02. The lowest BCUT2D eigenvalue weighted by Gasteiger charge is -2.10. The van der Waals surface area contributed by atoms with E-state index in [1.165, 1.54) is 5.56 Å². The van der Waals surface area contributed by atoms with Gasteiger partial charge in [-0.1, -0.05) is 23.7 Å². The molecule has 0 aliphatic carbocycles. The first-order chi connectivity index (χ1) is 8.24. The smallest absolute Gasteiger partial charge is 0.0946 e. The van der Waals surface area contributed by atoms with Gasteiger partial charge >= 0.3 is 0 Å². The van der Waals surface area contributed by atoms with Crippen LogP contribution in [0.2, 0.25) is 5.02 Å². The average Bonchev–Trinajstić information content (AvgIpc) is 2.81. The monoisotopic (exact) mass is 268 g/mol. The van der Waals surface area contributed by atoms with E-state index in [1.807, 2.05) is 35.0 Å².